The maximum Gasteiger partial charge on any atom is 0.448 e. The molecule has 0 fully saturated rings. The van der Waals surface area contributed by atoms with Crippen LogP contribution in [0.5, 0.6) is 0 Å². The molecule has 0 saturated heterocycles. The molecule has 1 amide bonds. The van der Waals surface area contributed by atoms with E-state index in [0.29, 0.717) is 6.54 Å². The molecule has 0 spiro atoms. The largest absolute Gasteiger partial charge is 0.505 e. The lowest BCUT2D eigenvalue weighted by atomic mass is 10.1. The number of aromatic nitrogens is 3. The SMILES string of the molecule is C=C(O)C(F)(F)F.O=C1NCCc2[nH]c(-c3ccnc(/C=C\C=C\c4cccnc4)c3)cc21. The second-order valence-electron chi connectivity index (χ2n) is 7.00. The maximum absolute atomic E-state index is 11.9. The number of pyridine rings is 2. The number of hydrogen-bond donors (Lipinski definition) is 3. The first-order valence-corrected chi connectivity index (χ1v) is 9.90. The fourth-order valence-electron chi connectivity index (χ4n) is 2.95. The lowest BCUT2D eigenvalue weighted by Crippen LogP contribution is -2.31. The number of H-pyrrole nitrogens is 1. The number of fused-ring (bicyclic) bond motifs is 1. The number of nitrogens with one attached hydrogen (secondary N) is 2. The van der Waals surface area contributed by atoms with E-state index in [1.54, 1.807) is 12.4 Å². The molecule has 6 nitrogen and oxygen atoms in total. The zero-order chi connectivity index (χ0) is 23.8. The van der Waals surface area contributed by atoms with Gasteiger partial charge in [0.1, 0.15) is 0 Å². The van der Waals surface area contributed by atoms with Crippen molar-refractivity contribution in [2.45, 2.75) is 12.6 Å². The summed E-state index contributed by atoms with van der Waals surface area (Å²) in [5.41, 5.74) is 5.59. The lowest BCUT2D eigenvalue weighted by molar-refractivity contribution is -0.119. The van der Waals surface area contributed by atoms with E-state index in [2.05, 4.69) is 26.8 Å². The topological polar surface area (TPSA) is 90.9 Å². The van der Waals surface area contributed by atoms with Crippen LogP contribution in [0, 0.1) is 0 Å². The molecule has 0 aliphatic carbocycles. The van der Waals surface area contributed by atoms with E-state index in [1.165, 1.54) is 0 Å². The normalized spacial score (nSPS) is 13.4. The Morgan fingerprint density at radius 3 is 2.58 bits per heavy atom. The van der Waals surface area contributed by atoms with Gasteiger partial charge in [0.05, 0.1) is 11.3 Å². The molecule has 0 aromatic carbocycles. The number of alkyl halides is 3. The summed E-state index contributed by atoms with van der Waals surface area (Å²) in [7, 11) is 0. The van der Waals surface area contributed by atoms with Crippen LogP contribution in [-0.4, -0.2) is 38.7 Å². The third-order valence-corrected chi connectivity index (χ3v) is 4.58. The van der Waals surface area contributed by atoms with Crippen LogP contribution in [0.4, 0.5) is 13.2 Å². The van der Waals surface area contributed by atoms with Crippen LogP contribution >= 0.6 is 0 Å². The zero-order valence-corrected chi connectivity index (χ0v) is 17.4. The molecule has 170 valence electrons. The van der Waals surface area contributed by atoms with E-state index in [0.717, 1.165) is 40.2 Å². The fourth-order valence-corrected chi connectivity index (χ4v) is 2.95. The van der Waals surface area contributed by atoms with E-state index in [1.807, 2.05) is 60.8 Å². The van der Waals surface area contributed by atoms with Gasteiger partial charge in [0.25, 0.3) is 5.91 Å². The summed E-state index contributed by atoms with van der Waals surface area (Å²) in [4.78, 5) is 23.7. The number of halogens is 3. The standard InChI is InChI=1S/C21H18N4O.C3H3F3O/c26-21-18-13-20(25-19(18)8-11-24-21)16-7-10-23-17(12-16)6-2-1-4-15-5-3-9-22-14-15;1-2(7)3(4,5)6/h1-7,9-10,12-14,25H,8,11H2,(H,24,26);7H,1H2/b4-1+,6-2-;. The van der Waals surface area contributed by atoms with Gasteiger partial charge in [0.2, 0.25) is 0 Å². The number of hydrogen-bond acceptors (Lipinski definition) is 4. The summed E-state index contributed by atoms with van der Waals surface area (Å²) in [6, 6.07) is 9.76. The van der Waals surface area contributed by atoms with Crippen molar-refractivity contribution in [1.29, 1.82) is 0 Å². The van der Waals surface area contributed by atoms with Crippen LogP contribution in [0.2, 0.25) is 0 Å². The smallest absolute Gasteiger partial charge is 0.448 e. The summed E-state index contributed by atoms with van der Waals surface area (Å²) in [5.74, 6) is -1.77. The molecule has 3 N–H and O–H groups in total. The number of allylic oxidation sites excluding steroid dienone is 3. The monoisotopic (exact) mass is 454 g/mol. The predicted octanol–water partition coefficient (Wildman–Crippen LogP) is 5.10. The molecule has 0 unspecified atom stereocenters. The zero-order valence-electron chi connectivity index (χ0n) is 17.4. The second-order valence-corrected chi connectivity index (χ2v) is 7.00. The minimum Gasteiger partial charge on any atom is -0.505 e. The Kier molecular flexibility index (Phi) is 7.45. The summed E-state index contributed by atoms with van der Waals surface area (Å²) in [6.45, 7) is 2.94. The molecule has 4 rings (SSSR count). The Balaban J connectivity index is 0.000000383. The second kappa shape index (κ2) is 10.4. The maximum atomic E-state index is 11.9. The molecule has 0 radical (unpaired) electrons. The van der Waals surface area contributed by atoms with Crippen molar-refractivity contribution in [2.24, 2.45) is 0 Å². The number of carbonyl (C=O) groups excluding carboxylic acids is 1. The van der Waals surface area contributed by atoms with Gasteiger partial charge in [-0.1, -0.05) is 30.9 Å². The number of aromatic amines is 1. The average Bonchev–Trinajstić information content (AvgIpc) is 3.23. The van der Waals surface area contributed by atoms with Crippen molar-refractivity contribution in [1.82, 2.24) is 20.3 Å². The number of aliphatic hydroxyl groups excluding tert-OH is 1. The highest BCUT2D eigenvalue weighted by molar-refractivity contribution is 5.97. The molecule has 3 aromatic rings. The van der Waals surface area contributed by atoms with Crippen LogP contribution in [0.25, 0.3) is 23.4 Å². The Bertz CT molecular complexity index is 1180. The van der Waals surface area contributed by atoms with Gasteiger partial charge >= 0.3 is 6.18 Å². The number of rotatable bonds is 4. The number of amides is 1. The minimum absolute atomic E-state index is 0.0107. The van der Waals surface area contributed by atoms with E-state index in [4.69, 9.17) is 5.11 Å². The first kappa shape index (κ1) is 23.5. The summed E-state index contributed by atoms with van der Waals surface area (Å²) >= 11 is 0. The Morgan fingerprint density at radius 2 is 1.91 bits per heavy atom. The third-order valence-electron chi connectivity index (χ3n) is 4.58. The first-order valence-electron chi connectivity index (χ1n) is 9.90. The number of nitrogens with zero attached hydrogens (tertiary/aromatic N) is 2. The van der Waals surface area contributed by atoms with Gasteiger partial charge in [-0.05, 0) is 35.9 Å². The van der Waals surface area contributed by atoms with Crippen molar-refractivity contribution < 1.29 is 23.1 Å². The van der Waals surface area contributed by atoms with Crippen LogP contribution in [0.1, 0.15) is 27.3 Å². The highest BCUT2D eigenvalue weighted by Gasteiger charge is 2.31. The van der Waals surface area contributed by atoms with E-state index >= 15 is 0 Å². The molecule has 3 aromatic heterocycles. The van der Waals surface area contributed by atoms with E-state index in [-0.39, 0.29) is 5.91 Å². The number of aliphatic hydroxyl groups is 1. The van der Waals surface area contributed by atoms with Crippen molar-refractivity contribution in [3.8, 4) is 11.3 Å². The fraction of sp³-hybridized carbons (Fsp3) is 0.125. The van der Waals surface area contributed by atoms with Crippen LogP contribution in [-0.2, 0) is 6.42 Å². The third kappa shape index (κ3) is 6.67. The van der Waals surface area contributed by atoms with Crippen molar-refractivity contribution in [3.63, 3.8) is 0 Å². The summed E-state index contributed by atoms with van der Waals surface area (Å²) in [6.07, 6.45) is 9.39. The van der Waals surface area contributed by atoms with Crippen LogP contribution in [0.3, 0.4) is 0 Å². The van der Waals surface area contributed by atoms with Gasteiger partial charge in [-0.25, -0.2) is 0 Å². The molecule has 4 heterocycles. The molecular weight excluding hydrogens is 433 g/mol. The molecular formula is C24H21F3N4O2. The van der Waals surface area contributed by atoms with Crippen LogP contribution < -0.4 is 5.32 Å². The van der Waals surface area contributed by atoms with Gasteiger partial charge in [0.15, 0.2) is 5.76 Å². The van der Waals surface area contributed by atoms with Gasteiger partial charge in [0, 0.05) is 48.5 Å². The Labute approximate surface area is 188 Å². The molecule has 0 bridgehead atoms. The van der Waals surface area contributed by atoms with E-state index in [9.17, 15) is 18.0 Å². The predicted molar refractivity (Wildman–Crippen MR) is 120 cm³/mol. The molecule has 33 heavy (non-hydrogen) atoms. The average molecular weight is 454 g/mol. The Hall–Kier alpha value is -4.14. The molecule has 9 heteroatoms. The summed E-state index contributed by atoms with van der Waals surface area (Å²) in [5, 5.41) is 10.4. The molecule has 0 atom stereocenters. The summed E-state index contributed by atoms with van der Waals surface area (Å²) < 4.78 is 32.5. The quantitative estimate of drug-likeness (QED) is 0.378. The molecule has 1 aliphatic heterocycles. The first-order chi connectivity index (χ1) is 15.7. The van der Waals surface area contributed by atoms with Crippen LogP contribution in [0.15, 0.2) is 73.4 Å². The molecule has 0 saturated carbocycles. The van der Waals surface area contributed by atoms with E-state index < -0.39 is 11.9 Å². The molecule has 1 aliphatic rings. The van der Waals surface area contributed by atoms with Crippen molar-refractivity contribution >= 4 is 18.1 Å². The van der Waals surface area contributed by atoms with Gasteiger partial charge in [-0.3, -0.25) is 14.8 Å². The number of carbonyl (C=O) groups is 1. The van der Waals surface area contributed by atoms with Crippen molar-refractivity contribution in [3.05, 3.63) is 95.9 Å². The highest BCUT2D eigenvalue weighted by atomic mass is 19.4. The van der Waals surface area contributed by atoms with Gasteiger partial charge < -0.3 is 15.4 Å². The highest BCUT2D eigenvalue weighted by Crippen LogP contribution is 2.24. The Morgan fingerprint density at radius 1 is 1.15 bits per heavy atom. The van der Waals surface area contributed by atoms with Crippen molar-refractivity contribution in [2.75, 3.05) is 6.54 Å². The minimum atomic E-state index is -4.64. The lowest BCUT2D eigenvalue weighted by Gasteiger charge is -2.10. The van der Waals surface area contributed by atoms with Gasteiger partial charge in [-0.15, -0.1) is 0 Å². The van der Waals surface area contributed by atoms with Gasteiger partial charge in [-0.2, -0.15) is 13.2 Å².